The zero-order valence-electron chi connectivity index (χ0n) is 25.2. The number of para-hydroxylation sites is 1. The van der Waals surface area contributed by atoms with Gasteiger partial charge >= 0.3 is 0 Å². The van der Waals surface area contributed by atoms with Crippen LogP contribution in [-0.4, -0.2) is 7.05 Å². The maximum absolute atomic E-state index is 13.3. The minimum Gasteiger partial charge on any atom is -0.345 e. The van der Waals surface area contributed by atoms with Gasteiger partial charge in [-0.1, -0.05) is 98.3 Å². The van der Waals surface area contributed by atoms with E-state index in [-0.39, 0.29) is 5.82 Å². The van der Waals surface area contributed by atoms with E-state index < -0.39 is 0 Å². The molecule has 0 amide bonds. The van der Waals surface area contributed by atoms with Crippen LogP contribution in [0.3, 0.4) is 0 Å². The second kappa shape index (κ2) is 13.7. The highest BCUT2D eigenvalue weighted by Crippen LogP contribution is 2.37. The zero-order valence-corrected chi connectivity index (χ0v) is 25.2. The highest BCUT2D eigenvalue weighted by atomic mass is 19.1. The summed E-state index contributed by atoms with van der Waals surface area (Å²) in [6.45, 7) is 6.11. The number of hydrogen-bond donors (Lipinski definition) is 0. The van der Waals surface area contributed by atoms with E-state index in [1.165, 1.54) is 28.8 Å². The van der Waals surface area contributed by atoms with Crippen molar-refractivity contribution in [2.75, 3.05) is 16.8 Å². The van der Waals surface area contributed by atoms with Gasteiger partial charge in [-0.3, -0.25) is 0 Å². The quantitative estimate of drug-likeness (QED) is 0.190. The molecule has 0 aliphatic rings. The number of hydrogen-bond acceptors (Lipinski definition) is 2. The molecule has 0 atom stereocenters. The molecule has 0 heterocycles. The Kier molecular flexibility index (Phi) is 9.33. The molecule has 2 nitrogen and oxygen atoms in total. The summed E-state index contributed by atoms with van der Waals surface area (Å²) in [7, 11) is 1.99. The van der Waals surface area contributed by atoms with Crippen molar-refractivity contribution in [3.63, 3.8) is 0 Å². The lowest BCUT2D eigenvalue weighted by Crippen LogP contribution is -2.09. The van der Waals surface area contributed by atoms with Crippen LogP contribution in [0.5, 0.6) is 0 Å². The van der Waals surface area contributed by atoms with Crippen LogP contribution in [0.15, 0.2) is 152 Å². The van der Waals surface area contributed by atoms with Crippen molar-refractivity contribution in [1.29, 1.82) is 0 Å². The maximum atomic E-state index is 13.3. The van der Waals surface area contributed by atoms with Crippen molar-refractivity contribution in [2.24, 2.45) is 0 Å². The molecule has 0 aromatic heterocycles. The molecule has 0 aliphatic heterocycles. The molecule has 6 aromatic rings. The zero-order chi connectivity index (χ0) is 30.2. The van der Waals surface area contributed by atoms with Gasteiger partial charge < -0.3 is 9.80 Å². The molecule has 0 saturated heterocycles. The molecule has 3 heteroatoms. The molecule has 6 aromatic carbocycles. The monoisotopic (exact) mass is 564 g/mol. The maximum Gasteiger partial charge on any atom is 0.123 e. The third-order valence-electron chi connectivity index (χ3n) is 7.45. The van der Waals surface area contributed by atoms with Crippen molar-refractivity contribution in [2.45, 2.75) is 20.8 Å². The van der Waals surface area contributed by atoms with Crippen LogP contribution in [-0.2, 0) is 0 Å². The van der Waals surface area contributed by atoms with Crippen molar-refractivity contribution < 1.29 is 4.39 Å². The summed E-state index contributed by atoms with van der Waals surface area (Å²) in [6.07, 6.45) is 0. The summed E-state index contributed by atoms with van der Waals surface area (Å²) in [5.74, 6) is -0.231. The number of anilines is 5. The van der Waals surface area contributed by atoms with Crippen LogP contribution < -0.4 is 9.80 Å². The number of halogens is 1. The van der Waals surface area contributed by atoms with E-state index in [9.17, 15) is 4.39 Å². The van der Waals surface area contributed by atoms with Crippen LogP contribution in [0, 0.1) is 12.7 Å². The smallest absolute Gasteiger partial charge is 0.123 e. The predicted molar refractivity (Wildman–Crippen MR) is 183 cm³/mol. The Morgan fingerprint density at radius 1 is 0.395 bits per heavy atom. The highest BCUT2D eigenvalue weighted by Gasteiger charge is 2.13. The van der Waals surface area contributed by atoms with Crippen LogP contribution in [0.1, 0.15) is 19.4 Å². The van der Waals surface area contributed by atoms with Crippen LogP contribution in [0.2, 0.25) is 0 Å². The molecule has 0 N–H and O–H groups in total. The van der Waals surface area contributed by atoms with Gasteiger partial charge in [0.15, 0.2) is 0 Å². The summed E-state index contributed by atoms with van der Waals surface area (Å²) in [6, 6.07) is 51.5. The van der Waals surface area contributed by atoms with E-state index in [0.29, 0.717) is 0 Å². The van der Waals surface area contributed by atoms with E-state index in [0.717, 1.165) is 39.6 Å². The Morgan fingerprint density at radius 3 is 1.14 bits per heavy atom. The normalized spacial score (nSPS) is 10.4. The van der Waals surface area contributed by atoms with Gasteiger partial charge in [0.05, 0.1) is 0 Å². The molecular weight excluding hydrogens is 527 g/mol. The molecule has 214 valence electrons. The van der Waals surface area contributed by atoms with Gasteiger partial charge in [0.1, 0.15) is 5.82 Å². The lowest BCUT2D eigenvalue weighted by molar-refractivity contribution is 0.628. The lowest BCUT2D eigenvalue weighted by Gasteiger charge is -2.26. The average molecular weight is 565 g/mol. The van der Waals surface area contributed by atoms with Crippen molar-refractivity contribution in [1.82, 2.24) is 0 Å². The molecule has 0 saturated carbocycles. The Labute approximate surface area is 255 Å². The molecule has 0 aliphatic carbocycles. The highest BCUT2D eigenvalue weighted by molar-refractivity contribution is 5.80. The van der Waals surface area contributed by atoms with Crippen LogP contribution in [0.4, 0.5) is 32.8 Å². The first-order valence-corrected chi connectivity index (χ1v) is 14.8. The van der Waals surface area contributed by atoms with E-state index in [4.69, 9.17) is 0 Å². The SMILES string of the molecule is CC.Cc1ccc(-c2ccc(N(c3ccccc3)c3ccc(-c4ccc(N(C)c5ccc(F)cc5)cc4)cc3)cc2)cc1. The van der Waals surface area contributed by atoms with Crippen LogP contribution >= 0.6 is 0 Å². The van der Waals surface area contributed by atoms with E-state index in [1.54, 1.807) is 12.1 Å². The fourth-order valence-corrected chi connectivity index (χ4v) is 5.07. The Hall–Kier alpha value is -5.15. The van der Waals surface area contributed by atoms with Crippen molar-refractivity contribution in [3.8, 4) is 22.3 Å². The lowest BCUT2D eigenvalue weighted by atomic mass is 10.0. The standard InChI is InChI=1S/C38H31FN2.C2H6/c1-28-8-10-29(11-9-28)31-14-22-37(23-15-31)41(36-6-4-3-5-7-36)38-24-16-32(17-25-38)30-12-20-34(21-13-30)40(2)35-26-18-33(39)19-27-35;1-2/h3-27H,1-2H3;1-2H3. The summed E-state index contributed by atoms with van der Waals surface area (Å²) in [5, 5.41) is 0. The van der Waals surface area contributed by atoms with Gasteiger partial charge in [-0.2, -0.15) is 0 Å². The molecule has 0 bridgehead atoms. The van der Waals surface area contributed by atoms with Gasteiger partial charge in [0.2, 0.25) is 0 Å². The second-order valence-corrected chi connectivity index (χ2v) is 10.2. The topological polar surface area (TPSA) is 6.48 Å². The van der Waals surface area contributed by atoms with Crippen molar-refractivity contribution >= 4 is 28.4 Å². The number of rotatable bonds is 7. The van der Waals surface area contributed by atoms with Gasteiger partial charge in [0, 0.05) is 35.5 Å². The first-order valence-electron chi connectivity index (χ1n) is 14.8. The van der Waals surface area contributed by atoms with Crippen LogP contribution in [0.25, 0.3) is 22.3 Å². The summed E-state index contributed by atoms with van der Waals surface area (Å²) in [5.41, 5.74) is 11.3. The molecule has 0 unspecified atom stereocenters. The van der Waals surface area contributed by atoms with Gasteiger partial charge in [-0.05, 0) is 102 Å². The first kappa shape index (κ1) is 29.3. The third-order valence-corrected chi connectivity index (χ3v) is 7.45. The van der Waals surface area contributed by atoms with Crippen molar-refractivity contribution in [3.05, 3.63) is 163 Å². The molecule has 0 spiro atoms. The molecular formula is C40H37FN2. The molecule has 0 fully saturated rings. The summed E-state index contributed by atoms with van der Waals surface area (Å²) >= 11 is 0. The van der Waals surface area contributed by atoms with E-state index >= 15 is 0 Å². The fraction of sp³-hybridized carbons (Fsp3) is 0.100. The predicted octanol–water partition coefficient (Wildman–Crippen LogP) is 11.7. The molecule has 43 heavy (non-hydrogen) atoms. The summed E-state index contributed by atoms with van der Waals surface area (Å²) < 4.78 is 13.3. The minimum absolute atomic E-state index is 0.231. The van der Waals surface area contributed by atoms with Gasteiger partial charge in [-0.25, -0.2) is 4.39 Å². The van der Waals surface area contributed by atoms with E-state index in [1.807, 2.05) is 31.9 Å². The Bertz CT molecular complexity index is 1710. The molecule has 0 radical (unpaired) electrons. The van der Waals surface area contributed by atoms with Gasteiger partial charge in [0.25, 0.3) is 0 Å². The van der Waals surface area contributed by atoms with E-state index in [2.05, 4.69) is 133 Å². The Balaban J connectivity index is 0.00000180. The van der Waals surface area contributed by atoms with Gasteiger partial charge in [-0.15, -0.1) is 0 Å². The number of aryl methyl sites for hydroxylation is 1. The average Bonchev–Trinajstić information content (AvgIpc) is 3.07. The largest absolute Gasteiger partial charge is 0.345 e. The molecule has 6 rings (SSSR count). The number of benzene rings is 6. The third kappa shape index (κ3) is 6.85. The first-order chi connectivity index (χ1) is 21.0. The number of nitrogens with zero attached hydrogens (tertiary/aromatic N) is 2. The fourth-order valence-electron chi connectivity index (χ4n) is 5.07. The second-order valence-electron chi connectivity index (χ2n) is 10.2. The minimum atomic E-state index is -0.231. The summed E-state index contributed by atoms with van der Waals surface area (Å²) in [4.78, 5) is 4.33. The Morgan fingerprint density at radius 2 is 0.721 bits per heavy atom.